The molecular formula is C16H13ClN4O4S. The SMILES string of the molecule is N#C/C(=C/Nc1cc(Cl)ccc1O)C(=O)Nc1ccc(S(N)(=O)=O)cc1. The number of halogens is 1. The topological polar surface area (TPSA) is 145 Å². The van der Waals surface area contributed by atoms with Crippen LogP contribution in [-0.2, 0) is 14.8 Å². The molecule has 0 aromatic heterocycles. The number of nitrogens with one attached hydrogen (secondary N) is 2. The van der Waals surface area contributed by atoms with Crippen molar-refractivity contribution >= 4 is 38.9 Å². The Morgan fingerprint density at radius 1 is 1.23 bits per heavy atom. The molecular weight excluding hydrogens is 380 g/mol. The van der Waals surface area contributed by atoms with Gasteiger partial charge in [0.25, 0.3) is 5.91 Å². The first kappa shape index (κ1) is 19.3. The van der Waals surface area contributed by atoms with Gasteiger partial charge in [-0.25, -0.2) is 13.6 Å². The highest BCUT2D eigenvalue weighted by Gasteiger charge is 2.12. The average Bonchev–Trinajstić information content (AvgIpc) is 2.58. The molecule has 2 aromatic carbocycles. The lowest BCUT2D eigenvalue weighted by Gasteiger charge is -2.07. The molecule has 0 saturated heterocycles. The summed E-state index contributed by atoms with van der Waals surface area (Å²) in [5.41, 5.74) is 0.213. The number of primary sulfonamides is 1. The van der Waals surface area contributed by atoms with Gasteiger partial charge in [0, 0.05) is 16.9 Å². The molecule has 0 unspecified atom stereocenters. The quantitative estimate of drug-likeness (QED) is 0.348. The second-order valence-corrected chi connectivity index (χ2v) is 7.00. The first-order valence-electron chi connectivity index (χ1n) is 7.00. The zero-order valence-corrected chi connectivity index (χ0v) is 14.7. The number of anilines is 2. The third-order valence-electron chi connectivity index (χ3n) is 3.14. The molecule has 2 rings (SSSR count). The summed E-state index contributed by atoms with van der Waals surface area (Å²) >= 11 is 5.81. The van der Waals surface area contributed by atoms with Gasteiger partial charge in [-0.2, -0.15) is 5.26 Å². The fourth-order valence-corrected chi connectivity index (χ4v) is 2.54. The van der Waals surface area contributed by atoms with Crippen LogP contribution in [0.2, 0.25) is 5.02 Å². The van der Waals surface area contributed by atoms with Crippen LogP contribution in [0.1, 0.15) is 0 Å². The standard InChI is InChI=1S/C16H13ClN4O4S/c17-11-1-6-15(22)14(7-11)20-9-10(8-18)16(23)21-12-2-4-13(5-3-12)26(19,24)25/h1-7,9,20,22H,(H,21,23)(H2,19,24,25)/b10-9-. The largest absolute Gasteiger partial charge is 0.506 e. The number of phenolic OH excluding ortho intramolecular Hbond substituents is 1. The van der Waals surface area contributed by atoms with Crippen molar-refractivity contribution in [2.75, 3.05) is 10.6 Å². The molecule has 0 saturated carbocycles. The van der Waals surface area contributed by atoms with Crippen molar-refractivity contribution in [2.45, 2.75) is 4.90 Å². The van der Waals surface area contributed by atoms with E-state index in [1.54, 1.807) is 6.07 Å². The molecule has 1 amide bonds. The van der Waals surface area contributed by atoms with Crippen LogP contribution in [0.4, 0.5) is 11.4 Å². The molecule has 0 aliphatic carbocycles. The summed E-state index contributed by atoms with van der Waals surface area (Å²) in [5, 5.41) is 29.2. The Hall–Kier alpha value is -3.06. The minimum atomic E-state index is -3.84. The minimum absolute atomic E-state index is 0.107. The van der Waals surface area contributed by atoms with Crippen LogP contribution < -0.4 is 15.8 Å². The van der Waals surface area contributed by atoms with Crippen molar-refractivity contribution in [3.63, 3.8) is 0 Å². The van der Waals surface area contributed by atoms with E-state index in [-0.39, 0.29) is 27.6 Å². The molecule has 0 heterocycles. The van der Waals surface area contributed by atoms with E-state index in [1.807, 2.05) is 0 Å². The molecule has 0 radical (unpaired) electrons. The summed E-state index contributed by atoms with van der Waals surface area (Å²) in [5.74, 6) is -0.841. The molecule has 0 spiro atoms. The number of sulfonamides is 1. The van der Waals surface area contributed by atoms with Gasteiger partial charge in [0.05, 0.1) is 10.6 Å². The summed E-state index contributed by atoms with van der Waals surface area (Å²) in [6, 6.07) is 11.1. The highest BCUT2D eigenvalue weighted by atomic mass is 35.5. The molecule has 0 atom stereocenters. The molecule has 26 heavy (non-hydrogen) atoms. The van der Waals surface area contributed by atoms with E-state index < -0.39 is 15.9 Å². The molecule has 134 valence electrons. The minimum Gasteiger partial charge on any atom is -0.506 e. The van der Waals surface area contributed by atoms with E-state index in [1.165, 1.54) is 42.5 Å². The van der Waals surface area contributed by atoms with E-state index >= 15 is 0 Å². The van der Waals surface area contributed by atoms with Crippen LogP contribution in [0.3, 0.4) is 0 Å². The van der Waals surface area contributed by atoms with E-state index in [9.17, 15) is 18.3 Å². The van der Waals surface area contributed by atoms with Gasteiger partial charge in [0.2, 0.25) is 10.0 Å². The Kier molecular flexibility index (Phi) is 5.84. The number of hydrogen-bond acceptors (Lipinski definition) is 6. The van der Waals surface area contributed by atoms with Crippen molar-refractivity contribution in [3.05, 3.63) is 59.3 Å². The predicted molar refractivity (Wildman–Crippen MR) is 96.9 cm³/mol. The second-order valence-electron chi connectivity index (χ2n) is 5.00. The number of benzene rings is 2. The van der Waals surface area contributed by atoms with Gasteiger partial charge < -0.3 is 15.7 Å². The first-order valence-corrected chi connectivity index (χ1v) is 8.92. The zero-order valence-electron chi connectivity index (χ0n) is 13.1. The average molecular weight is 393 g/mol. The first-order chi connectivity index (χ1) is 12.2. The maximum atomic E-state index is 12.1. The number of carbonyl (C=O) groups is 1. The van der Waals surface area contributed by atoms with Gasteiger partial charge in [0.15, 0.2) is 0 Å². The number of phenols is 1. The van der Waals surface area contributed by atoms with Gasteiger partial charge in [-0.15, -0.1) is 0 Å². The smallest absolute Gasteiger partial charge is 0.267 e. The number of amides is 1. The van der Waals surface area contributed by atoms with E-state index in [2.05, 4.69) is 10.6 Å². The Bertz CT molecular complexity index is 1010. The molecule has 0 aliphatic rings. The highest BCUT2D eigenvalue weighted by Crippen LogP contribution is 2.26. The van der Waals surface area contributed by atoms with Crippen LogP contribution in [0.25, 0.3) is 0 Å². The second kappa shape index (κ2) is 7.88. The Labute approximate surface area is 154 Å². The number of nitrogens with two attached hydrogens (primary N) is 1. The molecule has 5 N–H and O–H groups in total. The fourth-order valence-electron chi connectivity index (χ4n) is 1.85. The molecule has 8 nitrogen and oxygen atoms in total. The number of rotatable bonds is 5. The summed E-state index contributed by atoms with van der Waals surface area (Å²) in [6.07, 6.45) is 1.11. The number of carbonyl (C=O) groups excluding carboxylic acids is 1. The van der Waals surface area contributed by atoms with Gasteiger partial charge >= 0.3 is 0 Å². The van der Waals surface area contributed by atoms with Crippen LogP contribution in [0.5, 0.6) is 5.75 Å². The maximum absolute atomic E-state index is 12.1. The third-order valence-corrected chi connectivity index (χ3v) is 4.30. The molecule has 0 aliphatic heterocycles. The van der Waals surface area contributed by atoms with E-state index in [0.29, 0.717) is 5.02 Å². The number of hydrogen-bond donors (Lipinski definition) is 4. The Morgan fingerprint density at radius 3 is 2.46 bits per heavy atom. The van der Waals surface area contributed by atoms with Gasteiger partial charge in [-0.1, -0.05) is 11.6 Å². The van der Waals surface area contributed by atoms with Gasteiger partial charge in [-0.05, 0) is 42.5 Å². The summed E-state index contributed by atoms with van der Waals surface area (Å²) in [4.78, 5) is 12.0. The monoisotopic (exact) mass is 392 g/mol. The molecule has 2 aromatic rings. The van der Waals surface area contributed by atoms with Crippen molar-refractivity contribution in [1.29, 1.82) is 5.26 Å². The lowest BCUT2D eigenvalue weighted by Crippen LogP contribution is -2.15. The van der Waals surface area contributed by atoms with Crippen LogP contribution in [-0.4, -0.2) is 19.4 Å². The van der Waals surface area contributed by atoms with Gasteiger partial charge in [-0.3, -0.25) is 4.79 Å². The van der Waals surface area contributed by atoms with Crippen molar-refractivity contribution in [3.8, 4) is 11.8 Å². The molecule has 10 heteroatoms. The van der Waals surface area contributed by atoms with E-state index in [0.717, 1.165) is 6.20 Å². The Balaban J connectivity index is 2.13. The summed E-state index contributed by atoms with van der Waals surface area (Å²) in [6.45, 7) is 0. The number of aromatic hydroxyl groups is 1. The zero-order chi connectivity index (χ0) is 19.3. The fraction of sp³-hybridized carbons (Fsp3) is 0. The third kappa shape index (κ3) is 4.97. The van der Waals surface area contributed by atoms with Crippen LogP contribution in [0, 0.1) is 11.3 Å². The molecule has 0 fully saturated rings. The number of nitrogens with zero attached hydrogens (tertiary/aromatic N) is 1. The van der Waals surface area contributed by atoms with Crippen molar-refractivity contribution in [2.24, 2.45) is 5.14 Å². The lowest BCUT2D eigenvalue weighted by molar-refractivity contribution is -0.112. The lowest BCUT2D eigenvalue weighted by atomic mass is 10.2. The maximum Gasteiger partial charge on any atom is 0.267 e. The molecule has 0 bridgehead atoms. The highest BCUT2D eigenvalue weighted by molar-refractivity contribution is 7.89. The van der Waals surface area contributed by atoms with E-state index in [4.69, 9.17) is 22.0 Å². The Morgan fingerprint density at radius 2 is 1.88 bits per heavy atom. The summed E-state index contributed by atoms with van der Waals surface area (Å²) < 4.78 is 22.4. The van der Waals surface area contributed by atoms with Crippen molar-refractivity contribution in [1.82, 2.24) is 0 Å². The van der Waals surface area contributed by atoms with Crippen LogP contribution >= 0.6 is 11.6 Å². The number of nitriles is 1. The van der Waals surface area contributed by atoms with Gasteiger partial charge in [0.1, 0.15) is 17.4 Å². The normalized spacial score (nSPS) is 11.5. The predicted octanol–water partition coefficient (Wildman–Crippen LogP) is 2.15. The van der Waals surface area contributed by atoms with Crippen LogP contribution in [0.15, 0.2) is 59.1 Å². The summed E-state index contributed by atoms with van der Waals surface area (Å²) in [7, 11) is -3.84. The van der Waals surface area contributed by atoms with Crippen molar-refractivity contribution < 1.29 is 18.3 Å².